The number of hydrogen-bond donors (Lipinski definition) is 2. The highest BCUT2D eigenvalue weighted by molar-refractivity contribution is 5.50. The lowest BCUT2D eigenvalue weighted by atomic mass is 9.81. The van der Waals surface area contributed by atoms with Crippen LogP contribution in [0.15, 0.2) is 24.3 Å². The van der Waals surface area contributed by atoms with Crippen LogP contribution in [0.5, 0.6) is 0 Å². The molecule has 1 rings (SSSR count). The molecule has 0 heterocycles. The molecule has 0 saturated carbocycles. The first kappa shape index (κ1) is 14.0. The van der Waals surface area contributed by atoms with E-state index in [0.29, 0.717) is 0 Å². The molecule has 1 aromatic carbocycles. The van der Waals surface area contributed by atoms with E-state index in [1.807, 2.05) is 18.2 Å². The number of rotatable bonds is 7. The van der Waals surface area contributed by atoms with Gasteiger partial charge in [-0.25, -0.2) is 0 Å². The van der Waals surface area contributed by atoms with Crippen molar-refractivity contribution in [3.05, 3.63) is 29.8 Å². The summed E-state index contributed by atoms with van der Waals surface area (Å²) in [5.74, 6) is 0. The quantitative estimate of drug-likeness (QED) is 0.705. The molecule has 0 atom stereocenters. The molecule has 17 heavy (non-hydrogen) atoms. The Balaban J connectivity index is 2.92. The van der Waals surface area contributed by atoms with Crippen LogP contribution in [-0.4, -0.2) is 0 Å². The van der Waals surface area contributed by atoms with Gasteiger partial charge in [0, 0.05) is 11.2 Å². The van der Waals surface area contributed by atoms with Crippen LogP contribution in [-0.2, 0) is 5.54 Å². The molecule has 96 valence electrons. The van der Waals surface area contributed by atoms with E-state index >= 15 is 0 Å². The molecule has 4 N–H and O–H groups in total. The van der Waals surface area contributed by atoms with Crippen molar-refractivity contribution in [2.45, 2.75) is 57.9 Å². The fourth-order valence-corrected chi connectivity index (χ4v) is 2.33. The number of benzene rings is 1. The zero-order valence-corrected chi connectivity index (χ0v) is 11.2. The third-order valence-corrected chi connectivity index (χ3v) is 3.45. The zero-order valence-electron chi connectivity index (χ0n) is 11.2. The van der Waals surface area contributed by atoms with E-state index in [4.69, 9.17) is 11.5 Å². The van der Waals surface area contributed by atoms with Gasteiger partial charge in [-0.3, -0.25) is 0 Å². The van der Waals surface area contributed by atoms with Gasteiger partial charge in [0.1, 0.15) is 0 Å². The van der Waals surface area contributed by atoms with Crippen molar-refractivity contribution >= 4 is 5.69 Å². The minimum Gasteiger partial charge on any atom is -0.398 e. The van der Waals surface area contributed by atoms with Gasteiger partial charge in [0.05, 0.1) is 0 Å². The van der Waals surface area contributed by atoms with E-state index in [-0.39, 0.29) is 5.54 Å². The second-order valence-electron chi connectivity index (χ2n) is 4.95. The van der Waals surface area contributed by atoms with Crippen LogP contribution in [0.2, 0.25) is 0 Å². The molecule has 2 heteroatoms. The van der Waals surface area contributed by atoms with Crippen molar-refractivity contribution < 1.29 is 0 Å². The molecule has 0 bridgehead atoms. The molecule has 0 aliphatic heterocycles. The normalized spacial score (nSPS) is 11.7. The Kier molecular flexibility index (Phi) is 5.49. The number of nitrogen functional groups attached to an aromatic ring is 1. The average Bonchev–Trinajstić information content (AvgIpc) is 2.34. The van der Waals surface area contributed by atoms with Crippen molar-refractivity contribution in [1.29, 1.82) is 0 Å². The molecule has 0 amide bonds. The van der Waals surface area contributed by atoms with Crippen molar-refractivity contribution in [1.82, 2.24) is 0 Å². The number of nitrogens with two attached hydrogens (primary N) is 2. The minimum atomic E-state index is -0.239. The first-order valence-corrected chi connectivity index (χ1v) is 6.78. The van der Waals surface area contributed by atoms with E-state index < -0.39 is 0 Å². The molecule has 2 nitrogen and oxygen atoms in total. The molecule has 0 spiro atoms. The second-order valence-corrected chi connectivity index (χ2v) is 4.95. The van der Waals surface area contributed by atoms with Crippen molar-refractivity contribution in [2.75, 3.05) is 5.73 Å². The van der Waals surface area contributed by atoms with Crippen molar-refractivity contribution in [2.24, 2.45) is 5.73 Å². The Morgan fingerprint density at radius 2 is 1.53 bits per heavy atom. The molecule has 0 aliphatic rings. The predicted molar refractivity (Wildman–Crippen MR) is 75.8 cm³/mol. The highest BCUT2D eigenvalue weighted by atomic mass is 14.8. The van der Waals surface area contributed by atoms with Gasteiger partial charge in [-0.15, -0.1) is 0 Å². The summed E-state index contributed by atoms with van der Waals surface area (Å²) in [5.41, 5.74) is 14.4. The SMILES string of the molecule is CCCCC(N)(CCCC)c1ccccc1N. The van der Waals surface area contributed by atoms with E-state index in [1.54, 1.807) is 0 Å². The summed E-state index contributed by atoms with van der Waals surface area (Å²) in [4.78, 5) is 0. The predicted octanol–water partition coefficient (Wildman–Crippen LogP) is 3.80. The monoisotopic (exact) mass is 234 g/mol. The minimum absolute atomic E-state index is 0.239. The summed E-state index contributed by atoms with van der Waals surface area (Å²) in [6.07, 6.45) is 6.73. The third kappa shape index (κ3) is 3.74. The summed E-state index contributed by atoms with van der Waals surface area (Å²) in [6.45, 7) is 4.41. The van der Waals surface area contributed by atoms with Gasteiger partial charge in [-0.1, -0.05) is 57.7 Å². The van der Waals surface area contributed by atoms with Gasteiger partial charge in [0.15, 0.2) is 0 Å². The van der Waals surface area contributed by atoms with E-state index in [0.717, 1.165) is 36.9 Å². The van der Waals surface area contributed by atoms with Crippen molar-refractivity contribution in [3.63, 3.8) is 0 Å². The van der Waals surface area contributed by atoms with Crippen LogP contribution < -0.4 is 11.5 Å². The highest BCUT2D eigenvalue weighted by Crippen LogP contribution is 2.33. The fraction of sp³-hybridized carbons (Fsp3) is 0.600. The number of unbranched alkanes of at least 4 members (excludes halogenated alkanes) is 2. The maximum Gasteiger partial charge on any atom is 0.0430 e. The molecule has 0 fully saturated rings. The summed E-state index contributed by atoms with van der Waals surface area (Å²) >= 11 is 0. The number of para-hydroxylation sites is 1. The fourth-order valence-electron chi connectivity index (χ4n) is 2.33. The van der Waals surface area contributed by atoms with Crippen LogP contribution in [0, 0.1) is 0 Å². The molecule has 0 radical (unpaired) electrons. The number of anilines is 1. The Morgan fingerprint density at radius 1 is 1.00 bits per heavy atom. The van der Waals surface area contributed by atoms with Crippen LogP contribution >= 0.6 is 0 Å². The molecular formula is C15H26N2. The standard InChI is InChI=1S/C15H26N2/c1-3-5-11-15(17,12-6-4-2)13-9-7-8-10-14(13)16/h7-10H,3-6,11-12,16-17H2,1-2H3. The first-order valence-electron chi connectivity index (χ1n) is 6.78. The Hall–Kier alpha value is -1.02. The topological polar surface area (TPSA) is 52.0 Å². The Bertz CT molecular complexity index is 325. The van der Waals surface area contributed by atoms with Gasteiger partial charge in [0.25, 0.3) is 0 Å². The zero-order chi connectivity index (χ0) is 12.7. The maximum atomic E-state index is 6.61. The first-order chi connectivity index (χ1) is 8.14. The lowest BCUT2D eigenvalue weighted by Gasteiger charge is -2.31. The van der Waals surface area contributed by atoms with Gasteiger partial charge in [-0.2, -0.15) is 0 Å². The maximum absolute atomic E-state index is 6.61. The van der Waals surface area contributed by atoms with Crippen LogP contribution in [0.4, 0.5) is 5.69 Å². The van der Waals surface area contributed by atoms with E-state index in [2.05, 4.69) is 19.9 Å². The molecule has 1 aromatic rings. The molecule has 0 aromatic heterocycles. The summed E-state index contributed by atoms with van der Waals surface area (Å²) in [7, 11) is 0. The highest BCUT2D eigenvalue weighted by Gasteiger charge is 2.27. The smallest absolute Gasteiger partial charge is 0.0430 e. The lowest BCUT2D eigenvalue weighted by Crippen LogP contribution is -2.37. The summed E-state index contributed by atoms with van der Waals surface area (Å²) in [5, 5.41) is 0. The van der Waals surface area contributed by atoms with Gasteiger partial charge >= 0.3 is 0 Å². The van der Waals surface area contributed by atoms with Crippen LogP contribution in [0.1, 0.15) is 57.9 Å². The molecule has 0 aliphatic carbocycles. The second kappa shape index (κ2) is 6.65. The summed E-state index contributed by atoms with van der Waals surface area (Å²) < 4.78 is 0. The van der Waals surface area contributed by atoms with Gasteiger partial charge in [0.2, 0.25) is 0 Å². The Labute approximate surface area is 105 Å². The Morgan fingerprint density at radius 3 is 2.00 bits per heavy atom. The van der Waals surface area contributed by atoms with Gasteiger partial charge in [-0.05, 0) is 24.5 Å². The summed E-state index contributed by atoms with van der Waals surface area (Å²) in [6, 6.07) is 8.04. The lowest BCUT2D eigenvalue weighted by molar-refractivity contribution is 0.355. The van der Waals surface area contributed by atoms with E-state index in [1.165, 1.54) is 12.8 Å². The largest absolute Gasteiger partial charge is 0.398 e. The van der Waals surface area contributed by atoms with E-state index in [9.17, 15) is 0 Å². The van der Waals surface area contributed by atoms with Crippen LogP contribution in [0.3, 0.4) is 0 Å². The number of hydrogen-bond acceptors (Lipinski definition) is 2. The van der Waals surface area contributed by atoms with Crippen LogP contribution in [0.25, 0.3) is 0 Å². The molecule has 0 unspecified atom stereocenters. The molecular weight excluding hydrogens is 208 g/mol. The average molecular weight is 234 g/mol. The third-order valence-electron chi connectivity index (χ3n) is 3.45. The van der Waals surface area contributed by atoms with Crippen molar-refractivity contribution in [3.8, 4) is 0 Å². The van der Waals surface area contributed by atoms with Gasteiger partial charge < -0.3 is 11.5 Å². The molecule has 0 saturated heterocycles.